The second-order valence-corrected chi connectivity index (χ2v) is 8.41. The number of hydrogen-bond acceptors (Lipinski definition) is 7. The van der Waals surface area contributed by atoms with Crippen molar-refractivity contribution in [3.05, 3.63) is 51.9 Å². The number of carbonyl (C=O) groups excluding carboxylic acids is 1. The lowest BCUT2D eigenvalue weighted by Crippen LogP contribution is -2.34. The molecule has 3 heterocycles. The molecule has 1 amide bonds. The van der Waals surface area contributed by atoms with Crippen LogP contribution in [0.3, 0.4) is 0 Å². The van der Waals surface area contributed by atoms with Crippen molar-refractivity contribution < 1.29 is 9.53 Å². The molecule has 1 aliphatic rings. The van der Waals surface area contributed by atoms with E-state index in [0.717, 1.165) is 30.2 Å². The lowest BCUT2D eigenvalue weighted by Gasteiger charge is -2.30. The number of nitrogens with one attached hydrogen (secondary N) is 1. The smallest absolute Gasteiger partial charge is 0.288 e. The largest absolute Gasteiger partial charge is 0.494 e. The van der Waals surface area contributed by atoms with Gasteiger partial charge in [-0.1, -0.05) is 36.5 Å². The summed E-state index contributed by atoms with van der Waals surface area (Å²) < 4.78 is 6.82. The van der Waals surface area contributed by atoms with Crippen LogP contribution < -0.4 is 20.5 Å². The molecule has 0 unspecified atom stereocenters. The van der Waals surface area contributed by atoms with Crippen molar-refractivity contribution in [2.45, 2.75) is 33.2 Å². The van der Waals surface area contributed by atoms with Crippen molar-refractivity contribution in [2.75, 3.05) is 24.6 Å². The van der Waals surface area contributed by atoms with Gasteiger partial charge in [0.2, 0.25) is 10.1 Å². The summed E-state index contributed by atoms with van der Waals surface area (Å²) in [6, 6.07) is 7.49. The maximum absolute atomic E-state index is 12.9. The van der Waals surface area contributed by atoms with Crippen molar-refractivity contribution in [2.24, 2.45) is 5.92 Å². The molecule has 1 atom stereocenters. The monoisotopic (exact) mass is 427 g/mol. The van der Waals surface area contributed by atoms with E-state index < -0.39 is 11.5 Å². The molecule has 1 fully saturated rings. The van der Waals surface area contributed by atoms with Crippen LogP contribution in [-0.4, -0.2) is 40.2 Å². The van der Waals surface area contributed by atoms with E-state index in [2.05, 4.69) is 27.2 Å². The molecule has 158 valence electrons. The van der Waals surface area contributed by atoms with Gasteiger partial charge in [0.25, 0.3) is 11.5 Å². The molecule has 0 aliphatic carbocycles. The van der Waals surface area contributed by atoms with Gasteiger partial charge in [0.15, 0.2) is 0 Å². The highest BCUT2D eigenvalue weighted by atomic mass is 32.1. The predicted octanol–water partition coefficient (Wildman–Crippen LogP) is 2.72. The third-order valence-electron chi connectivity index (χ3n) is 5.16. The molecule has 9 heteroatoms. The SMILES string of the molecule is CCOc1ccccc1CNC(=O)c1cnc2sc(N3CCC[C@@H](C)C3)nn2c1=O. The zero-order valence-electron chi connectivity index (χ0n) is 17.1. The molecule has 30 heavy (non-hydrogen) atoms. The van der Waals surface area contributed by atoms with Crippen LogP contribution in [-0.2, 0) is 6.54 Å². The van der Waals surface area contributed by atoms with Gasteiger partial charge in [-0.3, -0.25) is 9.59 Å². The van der Waals surface area contributed by atoms with Gasteiger partial charge < -0.3 is 15.0 Å². The van der Waals surface area contributed by atoms with Gasteiger partial charge in [-0.25, -0.2) is 4.98 Å². The molecule has 8 nitrogen and oxygen atoms in total. The summed E-state index contributed by atoms with van der Waals surface area (Å²) in [4.78, 5) is 32.5. The van der Waals surface area contributed by atoms with Crippen LogP contribution in [0.5, 0.6) is 5.75 Å². The first kappa shape index (κ1) is 20.3. The highest BCUT2D eigenvalue weighted by molar-refractivity contribution is 7.20. The standard InChI is InChI=1S/C21H25N5O3S/c1-3-29-17-9-5-4-8-15(17)11-22-18(27)16-12-23-20-26(19(16)28)24-21(30-20)25-10-6-7-14(2)13-25/h4-5,8-9,12,14H,3,6-7,10-11,13H2,1-2H3,(H,22,27)/t14-/m1/s1. The van der Waals surface area contributed by atoms with Gasteiger partial charge in [0, 0.05) is 31.4 Å². The fourth-order valence-corrected chi connectivity index (χ4v) is 4.54. The normalized spacial score (nSPS) is 16.6. The summed E-state index contributed by atoms with van der Waals surface area (Å²) in [5.41, 5.74) is 0.366. The maximum Gasteiger partial charge on any atom is 0.288 e. The van der Waals surface area contributed by atoms with Crippen LogP contribution >= 0.6 is 11.3 Å². The average molecular weight is 428 g/mol. The number of anilines is 1. The second-order valence-electron chi connectivity index (χ2n) is 7.47. The summed E-state index contributed by atoms with van der Waals surface area (Å²) >= 11 is 1.38. The van der Waals surface area contributed by atoms with Crippen LogP contribution in [0.15, 0.2) is 35.3 Å². The summed E-state index contributed by atoms with van der Waals surface area (Å²) in [5.74, 6) is 0.830. The predicted molar refractivity (Wildman–Crippen MR) is 117 cm³/mol. The Morgan fingerprint density at radius 2 is 2.20 bits per heavy atom. The summed E-state index contributed by atoms with van der Waals surface area (Å²) in [5, 5.41) is 8.02. The molecular weight excluding hydrogens is 402 g/mol. The van der Waals surface area contributed by atoms with E-state index in [4.69, 9.17) is 4.74 Å². The quantitative estimate of drug-likeness (QED) is 0.651. The molecule has 0 saturated carbocycles. The van der Waals surface area contributed by atoms with Gasteiger partial charge in [0.1, 0.15) is 11.3 Å². The van der Waals surface area contributed by atoms with E-state index in [9.17, 15) is 9.59 Å². The highest BCUT2D eigenvalue weighted by Gasteiger charge is 2.22. The zero-order valence-corrected chi connectivity index (χ0v) is 17.9. The summed E-state index contributed by atoms with van der Waals surface area (Å²) in [6.07, 6.45) is 3.65. The Balaban J connectivity index is 1.53. The number of ether oxygens (including phenoxy) is 1. The minimum absolute atomic E-state index is 0.0229. The summed E-state index contributed by atoms with van der Waals surface area (Å²) in [6.45, 7) is 6.76. The molecule has 1 aliphatic heterocycles. The van der Waals surface area contributed by atoms with E-state index in [-0.39, 0.29) is 12.1 Å². The van der Waals surface area contributed by atoms with Gasteiger partial charge in [-0.05, 0) is 31.7 Å². The van der Waals surface area contributed by atoms with Gasteiger partial charge in [-0.15, -0.1) is 5.10 Å². The lowest BCUT2D eigenvalue weighted by atomic mass is 10.0. The van der Waals surface area contributed by atoms with E-state index in [1.807, 2.05) is 31.2 Å². The van der Waals surface area contributed by atoms with E-state index in [0.29, 0.717) is 23.2 Å². The minimum Gasteiger partial charge on any atom is -0.494 e. The molecule has 1 aromatic carbocycles. The molecule has 2 aromatic heterocycles. The first-order chi connectivity index (χ1) is 14.6. The number of carbonyl (C=O) groups is 1. The van der Waals surface area contributed by atoms with Gasteiger partial charge >= 0.3 is 0 Å². The number of nitrogens with zero attached hydrogens (tertiary/aromatic N) is 4. The van der Waals surface area contributed by atoms with Crippen molar-refractivity contribution in [1.29, 1.82) is 0 Å². The zero-order chi connectivity index (χ0) is 21.1. The van der Waals surface area contributed by atoms with Gasteiger partial charge in [-0.2, -0.15) is 4.52 Å². The Morgan fingerprint density at radius 1 is 1.37 bits per heavy atom. The molecule has 0 bridgehead atoms. The summed E-state index contributed by atoms with van der Waals surface area (Å²) in [7, 11) is 0. The Morgan fingerprint density at radius 3 is 3.00 bits per heavy atom. The highest BCUT2D eigenvalue weighted by Crippen LogP contribution is 2.26. The van der Waals surface area contributed by atoms with Crippen LogP contribution in [0, 0.1) is 5.92 Å². The number of para-hydroxylation sites is 1. The molecule has 3 aromatic rings. The van der Waals surface area contributed by atoms with Crippen LogP contribution in [0.2, 0.25) is 0 Å². The van der Waals surface area contributed by atoms with Crippen molar-refractivity contribution in [3.8, 4) is 5.75 Å². The Kier molecular flexibility index (Phi) is 5.98. The van der Waals surface area contributed by atoms with E-state index in [1.54, 1.807) is 0 Å². The fourth-order valence-electron chi connectivity index (χ4n) is 3.64. The molecule has 4 rings (SSSR count). The molecule has 0 radical (unpaired) electrons. The topological polar surface area (TPSA) is 88.8 Å². The van der Waals surface area contributed by atoms with Crippen molar-refractivity contribution >= 4 is 27.3 Å². The number of rotatable bonds is 6. The first-order valence-corrected chi connectivity index (χ1v) is 11.0. The van der Waals surface area contributed by atoms with E-state index in [1.165, 1.54) is 28.5 Å². The molecule has 1 N–H and O–H groups in total. The Hall–Kier alpha value is -2.94. The maximum atomic E-state index is 12.9. The third-order valence-corrected chi connectivity index (χ3v) is 6.14. The van der Waals surface area contributed by atoms with E-state index >= 15 is 0 Å². The number of hydrogen-bond donors (Lipinski definition) is 1. The number of aromatic nitrogens is 3. The van der Waals surface area contributed by atoms with Crippen LogP contribution in [0.1, 0.15) is 42.6 Å². The number of fused-ring (bicyclic) bond motifs is 1. The minimum atomic E-state index is -0.477. The average Bonchev–Trinajstić information content (AvgIpc) is 3.19. The Bertz CT molecular complexity index is 1110. The van der Waals surface area contributed by atoms with Gasteiger partial charge in [0.05, 0.1) is 6.61 Å². The third kappa shape index (κ3) is 4.16. The van der Waals surface area contributed by atoms with Crippen molar-refractivity contribution in [3.63, 3.8) is 0 Å². The Labute approximate surface area is 178 Å². The number of benzene rings is 1. The number of amides is 1. The lowest BCUT2D eigenvalue weighted by molar-refractivity contribution is 0.0948. The number of piperidine rings is 1. The first-order valence-electron chi connectivity index (χ1n) is 10.2. The fraction of sp³-hybridized carbons (Fsp3) is 0.429. The molecular formula is C21H25N5O3S. The van der Waals surface area contributed by atoms with Crippen LogP contribution in [0.25, 0.3) is 4.96 Å². The van der Waals surface area contributed by atoms with Crippen molar-refractivity contribution in [1.82, 2.24) is 19.9 Å². The molecule has 1 saturated heterocycles. The second kappa shape index (κ2) is 8.83. The van der Waals surface area contributed by atoms with Crippen LogP contribution in [0.4, 0.5) is 5.13 Å². The molecule has 0 spiro atoms.